The zero-order valence-corrected chi connectivity index (χ0v) is 9.58. The van der Waals surface area contributed by atoms with E-state index in [9.17, 15) is 0 Å². The van der Waals surface area contributed by atoms with E-state index in [1.165, 1.54) is 15.6 Å². The molecule has 0 fully saturated rings. The number of rotatable bonds is 3. The number of nitrogens with one attached hydrogen (secondary N) is 1. The molecule has 3 heteroatoms. The summed E-state index contributed by atoms with van der Waals surface area (Å²) in [7, 11) is 1.96. The SMILES string of the molecule is CNCCc1ccc2sccc2c1Cl. The van der Waals surface area contributed by atoms with Crippen LogP contribution < -0.4 is 5.32 Å². The molecule has 0 aliphatic heterocycles. The van der Waals surface area contributed by atoms with Gasteiger partial charge >= 0.3 is 0 Å². The van der Waals surface area contributed by atoms with Crippen LogP contribution in [0.25, 0.3) is 10.1 Å². The van der Waals surface area contributed by atoms with E-state index in [4.69, 9.17) is 11.6 Å². The minimum absolute atomic E-state index is 0.916. The Labute approximate surface area is 92.7 Å². The Morgan fingerprint density at radius 3 is 3.00 bits per heavy atom. The fourth-order valence-corrected chi connectivity index (χ4v) is 2.68. The van der Waals surface area contributed by atoms with Crippen LogP contribution in [0.5, 0.6) is 0 Å². The molecule has 1 N–H and O–H groups in total. The maximum atomic E-state index is 6.30. The van der Waals surface area contributed by atoms with Crippen LogP contribution in [0.2, 0.25) is 5.02 Å². The summed E-state index contributed by atoms with van der Waals surface area (Å²) in [5.74, 6) is 0. The molecule has 0 spiro atoms. The van der Waals surface area contributed by atoms with E-state index in [0.717, 1.165) is 18.0 Å². The van der Waals surface area contributed by atoms with Crippen LogP contribution in [0.3, 0.4) is 0 Å². The average molecular weight is 226 g/mol. The summed E-state index contributed by atoms with van der Waals surface area (Å²) in [6.07, 6.45) is 0.987. The van der Waals surface area contributed by atoms with Crippen LogP contribution in [0.1, 0.15) is 5.56 Å². The van der Waals surface area contributed by atoms with Gasteiger partial charge in [-0.05, 0) is 43.1 Å². The number of benzene rings is 1. The molecule has 0 unspecified atom stereocenters. The number of likely N-dealkylation sites (N-methyl/N-ethyl adjacent to an activating group) is 1. The topological polar surface area (TPSA) is 12.0 Å². The first-order valence-corrected chi connectivity index (χ1v) is 5.88. The molecule has 0 aliphatic carbocycles. The molecule has 1 nitrogen and oxygen atoms in total. The molecule has 1 aromatic carbocycles. The third-order valence-electron chi connectivity index (χ3n) is 2.29. The number of hydrogen-bond acceptors (Lipinski definition) is 2. The fraction of sp³-hybridized carbons (Fsp3) is 0.273. The number of thiophene rings is 1. The molecule has 0 radical (unpaired) electrons. The van der Waals surface area contributed by atoms with Crippen molar-refractivity contribution in [2.24, 2.45) is 0 Å². The first-order valence-electron chi connectivity index (χ1n) is 4.62. The Bertz CT molecular complexity index is 436. The van der Waals surface area contributed by atoms with Crippen LogP contribution in [0.4, 0.5) is 0 Å². The molecule has 0 saturated carbocycles. The largest absolute Gasteiger partial charge is 0.319 e. The third kappa shape index (κ3) is 1.78. The van der Waals surface area contributed by atoms with E-state index < -0.39 is 0 Å². The standard InChI is InChI=1S/C11H12ClNS/c1-13-6-4-8-2-3-10-9(11(8)12)5-7-14-10/h2-3,5,7,13H,4,6H2,1H3. The number of hydrogen-bond donors (Lipinski definition) is 1. The smallest absolute Gasteiger partial charge is 0.0525 e. The minimum Gasteiger partial charge on any atom is -0.319 e. The van der Waals surface area contributed by atoms with Crippen LogP contribution in [-0.2, 0) is 6.42 Å². The molecule has 74 valence electrons. The summed E-state index contributed by atoms with van der Waals surface area (Å²) < 4.78 is 1.27. The van der Waals surface area contributed by atoms with Gasteiger partial charge in [-0.2, -0.15) is 0 Å². The van der Waals surface area contributed by atoms with Gasteiger partial charge in [0.25, 0.3) is 0 Å². The lowest BCUT2D eigenvalue weighted by atomic mass is 10.1. The van der Waals surface area contributed by atoms with Crippen LogP contribution in [0, 0.1) is 0 Å². The van der Waals surface area contributed by atoms with Crippen molar-refractivity contribution in [1.29, 1.82) is 0 Å². The molecule has 2 rings (SSSR count). The van der Waals surface area contributed by atoms with E-state index in [1.807, 2.05) is 7.05 Å². The lowest BCUT2D eigenvalue weighted by Crippen LogP contribution is -2.10. The van der Waals surface area contributed by atoms with Crippen molar-refractivity contribution in [1.82, 2.24) is 5.32 Å². The van der Waals surface area contributed by atoms with Crippen molar-refractivity contribution < 1.29 is 0 Å². The summed E-state index contributed by atoms with van der Waals surface area (Å²) >= 11 is 8.03. The quantitative estimate of drug-likeness (QED) is 0.845. The molecule has 0 bridgehead atoms. The third-order valence-corrected chi connectivity index (χ3v) is 3.62. The summed E-state index contributed by atoms with van der Waals surface area (Å²) in [4.78, 5) is 0. The molecule has 0 aliphatic rings. The number of fused-ring (bicyclic) bond motifs is 1. The maximum Gasteiger partial charge on any atom is 0.0525 e. The molecule has 14 heavy (non-hydrogen) atoms. The van der Waals surface area contributed by atoms with Crippen LogP contribution >= 0.6 is 22.9 Å². The summed E-state index contributed by atoms with van der Waals surface area (Å²) in [5.41, 5.74) is 1.23. The van der Waals surface area contributed by atoms with Crippen molar-refractivity contribution in [3.63, 3.8) is 0 Å². The van der Waals surface area contributed by atoms with E-state index in [1.54, 1.807) is 11.3 Å². The fourth-order valence-electron chi connectivity index (χ4n) is 1.51. The van der Waals surface area contributed by atoms with E-state index >= 15 is 0 Å². The van der Waals surface area contributed by atoms with Gasteiger partial charge in [-0.15, -0.1) is 11.3 Å². The summed E-state index contributed by atoms with van der Waals surface area (Å²) in [6, 6.07) is 6.36. The van der Waals surface area contributed by atoms with Gasteiger partial charge in [0.2, 0.25) is 0 Å². The predicted octanol–water partition coefficient (Wildman–Crippen LogP) is 3.32. The highest BCUT2D eigenvalue weighted by Crippen LogP contribution is 2.30. The second-order valence-corrected chi connectivity index (χ2v) is 4.55. The zero-order valence-electron chi connectivity index (χ0n) is 8.01. The van der Waals surface area contributed by atoms with Crippen molar-refractivity contribution in [3.05, 3.63) is 34.2 Å². The minimum atomic E-state index is 0.916. The Kier molecular flexibility index (Phi) is 3.06. The molecule has 0 atom stereocenters. The second-order valence-electron chi connectivity index (χ2n) is 3.22. The van der Waals surface area contributed by atoms with Gasteiger partial charge in [0.15, 0.2) is 0 Å². The molecule has 0 amide bonds. The molecular formula is C11H12ClNS. The van der Waals surface area contributed by atoms with Gasteiger partial charge in [-0.3, -0.25) is 0 Å². The van der Waals surface area contributed by atoms with Gasteiger partial charge in [0.05, 0.1) is 5.02 Å². The van der Waals surface area contributed by atoms with Crippen molar-refractivity contribution in [3.8, 4) is 0 Å². The van der Waals surface area contributed by atoms with Gasteiger partial charge < -0.3 is 5.32 Å². The molecular weight excluding hydrogens is 214 g/mol. The zero-order chi connectivity index (χ0) is 9.97. The average Bonchev–Trinajstić information content (AvgIpc) is 2.66. The van der Waals surface area contributed by atoms with Gasteiger partial charge in [-0.1, -0.05) is 17.7 Å². The molecule has 1 heterocycles. The maximum absolute atomic E-state index is 6.30. The molecule has 0 saturated heterocycles. The highest BCUT2D eigenvalue weighted by molar-refractivity contribution is 7.17. The van der Waals surface area contributed by atoms with Gasteiger partial charge in [0.1, 0.15) is 0 Å². The Morgan fingerprint density at radius 2 is 2.21 bits per heavy atom. The van der Waals surface area contributed by atoms with E-state index in [-0.39, 0.29) is 0 Å². The normalized spacial score (nSPS) is 11.0. The number of halogens is 1. The second kappa shape index (κ2) is 4.30. The lowest BCUT2D eigenvalue weighted by molar-refractivity contribution is 0.792. The molecule has 2 aromatic rings. The van der Waals surface area contributed by atoms with Crippen molar-refractivity contribution >= 4 is 33.0 Å². The van der Waals surface area contributed by atoms with Gasteiger partial charge in [-0.25, -0.2) is 0 Å². The van der Waals surface area contributed by atoms with Crippen LogP contribution in [0.15, 0.2) is 23.6 Å². The van der Waals surface area contributed by atoms with Crippen molar-refractivity contribution in [2.45, 2.75) is 6.42 Å². The summed E-state index contributed by atoms with van der Waals surface area (Å²) in [5, 5.41) is 7.31. The predicted molar refractivity (Wildman–Crippen MR) is 64.5 cm³/mol. The van der Waals surface area contributed by atoms with Crippen LogP contribution in [-0.4, -0.2) is 13.6 Å². The highest BCUT2D eigenvalue weighted by Gasteiger charge is 2.05. The first kappa shape index (κ1) is 9.97. The monoisotopic (exact) mass is 225 g/mol. The Balaban J connectivity index is 2.40. The molecule has 1 aromatic heterocycles. The first-order chi connectivity index (χ1) is 6.83. The van der Waals surface area contributed by atoms with E-state index in [2.05, 4.69) is 28.9 Å². The van der Waals surface area contributed by atoms with E-state index in [0.29, 0.717) is 0 Å². The van der Waals surface area contributed by atoms with Crippen molar-refractivity contribution in [2.75, 3.05) is 13.6 Å². The summed E-state index contributed by atoms with van der Waals surface area (Å²) in [6.45, 7) is 0.968. The van der Waals surface area contributed by atoms with Gasteiger partial charge in [0, 0.05) is 10.1 Å². The lowest BCUT2D eigenvalue weighted by Gasteiger charge is -2.04. The Hall–Kier alpha value is -0.570. The Morgan fingerprint density at radius 1 is 1.36 bits per heavy atom. The highest BCUT2D eigenvalue weighted by atomic mass is 35.5.